The van der Waals surface area contributed by atoms with Crippen LogP contribution in [0.1, 0.15) is 30.6 Å². The highest BCUT2D eigenvalue weighted by Crippen LogP contribution is 2.24. The van der Waals surface area contributed by atoms with Gasteiger partial charge in [-0.05, 0) is 48.7 Å². The molecule has 0 aromatic heterocycles. The molecular formula is C24H32N4O5S. The number of benzene rings is 2. The molecule has 2 amide bonds. The van der Waals surface area contributed by atoms with Crippen LogP contribution in [-0.4, -0.2) is 62.8 Å². The molecule has 3 atom stereocenters. The summed E-state index contributed by atoms with van der Waals surface area (Å²) in [6, 6.07) is 14.4. The fourth-order valence-electron chi connectivity index (χ4n) is 3.90. The van der Waals surface area contributed by atoms with E-state index in [1.54, 1.807) is 31.2 Å². The molecule has 3 rings (SSSR count). The van der Waals surface area contributed by atoms with E-state index in [4.69, 9.17) is 10.5 Å². The van der Waals surface area contributed by atoms with Gasteiger partial charge in [0.1, 0.15) is 5.25 Å². The molecule has 1 fully saturated rings. The summed E-state index contributed by atoms with van der Waals surface area (Å²) < 4.78 is 32.2. The predicted octanol–water partition coefficient (Wildman–Crippen LogP) is 1.82. The second-order valence-corrected chi connectivity index (χ2v) is 10.5. The lowest BCUT2D eigenvalue weighted by Gasteiger charge is -2.34. The number of hydrazine groups is 1. The molecule has 0 radical (unpaired) electrons. The molecule has 0 bridgehead atoms. The summed E-state index contributed by atoms with van der Waals surface area (Å²) in [4.78, 5) is 24.5. The van der Waals surface area contributed by atoms with Gasteiger partial charge in [-0.3, -0.25) is 15.0 Å². The minimum absolute atomic E-state index is 0.0294. The van der Waals surface area contributed by atoms with Gasteiger partial charge in [0.05, 0.1) is 17.6 Å². The third-order valence-electron chi connectivity index (χ3n) is 5.84. The zero-order valence-electron chi connectivity index (χ0n) is 19.4. The Hall–Kier alpha value is -2.79. The Bertz CT molecular complexity index is 1080. The SMILES string of the molecule is CCC1CN(NCC(C)C(C(N)=O)S(=O)(=O)c2ccc(NC(=O)c3ccccc3)cc2)CCO1. The average molecular weight is 489 g/mol. The van der Waals surface area contributed by atoms with Crippen molar-refractivity contribution >= 4 is 27.3 Å². The number of ether oxygens (including phenoxy) is 1. The van der Waals surface area contributed by atoms with Crippen LogP contribution in [-0.2, 0) is 19.4 Å². The zero-order valence-corrected chi connectivity index (χ0v) is 20.3. The third-order valence-corrected chi connectivity index (χ3v) is 8.13. The Morgan fingerprint density at radius 1 is 1.15 bits per heavy atom. The van der Waals surface area contributed by atoms with Crippen LogP contribution in [0.25, 0.3) is 0 Å². The highest BCUT2D eigenvalue weighted by Gasteiger charge is 2.37. The van der Waals surface area contributed by atoms with Crippen molar-refractivity contribution in [2.24, 2.45) is 11.7 Å². The molecule has 1 heterocycles. The number of nitrogens with two attached hydrogens (primary N) is 1. The molecule has 2 aromatic carbocycles. The van der Waals surface area contributed by atoms with Crippen LogP contribution < -0.4 is 16.5 Å². The third kappa shape index (κ3) is 6.41. The Kier molecular flexibility index (Phi) is 8.78. The number of primary amides is 1. The summed E-state index contributed by atoms with van der Waals surface area (Å²) in [7, 11) is -4.04. The molecular weight excluding hydrogens is 456 g/mol. The van der Waals surface area contributed by atoms with Crippen LogP contribution in [0.15, 0.2) is 59.5 Å². The number of carbonyl (C=O) groups excluding carboxylic acids is 2. The molecule has 0 saturated carbocycles. The number of rotatable bonds is 10. The number of amides is 2. The topological polar surface area (TPSA) is 131 Å². The molecule has 1 aliphatic rings. The number of anilines is 1. The molecule has 4 N–H and O–H groups in total. The van der Waals surface area contributed by atoms with Crippen molar-refractivity contribution in [1.82, 2.24) is 10.4 Å². The van der Waals surface area contributed by atoms with Gasteiger partial charge >= 0.3 is 0 Å². The molecule has 2 aromatic rings. The van der Waals surface area contributed by atoms with E-state index < -0.39 is 26.9 Å². The lowest BCUT2D eigenvalue weighted by Crippen LogP contribution is -2.52. The standard InChI is InChI=1S/C24H32N4O5S/c1-3-20-16-28(13-14-33-20)26-15-17(2)22(23(25)29)34(31,32)21-11-9-19(10-12-21)27-24(30)18-7-5-4-6-8-18/h4-12,17,20,22,26H,3,13-16H2,1-2H3,(H2,25,29)(H,27,30). The summed E-state index contributed by atoms with van der Waals surface area (Å²) in [6.45, 7) is 5.96. The van der Waals surface area contributed by atoms with E-state index in [1.807, 2.05) is 18.0 Å². The molecule has 0 aliphatic carbocycles. The Balaban J connectivity index is 1.67. The van der Waals surface area contributed by atoms with Crippen LogP contribution in [0, 0.1) is 5.92 Å². The summed E-state index contributed by atoms with van der Waals surface area (Å²) in [5.41, 5.74) is 9.69. The van der Waals surface area contributed by atoms with Crippen molar-refractivity contribution in [3.63, 3.8) is 0 Å². The number of sulfone groups is 1. The predicted molar refractivity (Wildman–Crippen MR) is 130 cm³/mol. The largest absolute Gasteiger partial charge is 0.375 e. The molecule has 3 unspecified atom stereocenters. The smallest absolute Gasteiger partial charge is 0.255 e. The van der Waals surface area contributed by atoms with E-state index in [1.165, 1.54) is 24.3 Å². The zero-order chi connectivity index (χ0) is 24.7. The van der Waals surface area contributed by atoms with Gasteiger partial charge in [-0.1, -0.05) is 32.0 Å². The van der Waals surface area contributed by atoms with Crippen molar-refractivity contribution < 1.29 is 22.7 Å². The maximum absolute atomic E-state index is 13.3. The van der Waals surface area contributed by atoms with Crippen molar-refractivity contribution in [1.29, 1.82) is 0 Å². The lowest BCUT2D eigenvalue weighted by atomic mass is 10.1. The van der Waals surface area contributed by atoms with Crippen LogP contribution in [0.2, 0.25) is 0 Å². The van der Waals surface area contributed by atoms with Gasteiger partial charge in [-0.25, -0.2) is 13.4 Å². The maximum atomic E-state index is 13.3. The van der Waals surface area contributed by atoms with Crippen molar-refractivity contribution in [3.8, 4) is 0 Å². The Morgan fingerprint density at radius 2 is 1.82 bits per heavy atom. The van der Waals surface area contributed by atoms with E-state index in [0.717, 1.165) is 6.42 Å². The fraction of sp³-hybridized carbons (Fsp3) is 0.417. The first kappa shape index (κ1) is 25.8. The summed E-state index contributed by atoms with van der Waals surface area (Å²) in [6.07, 6.45) is 1.00. The first-order valence-corrected chi connectivity index (χ1v) is 12.9. The van der Waals surface area contributed by atoms with Gasteiger partial charge in [0.25, 0.3) is 5.91 Å². The first-order valence-electron chi connectivity index (χ1n) is 11.3. The summed E-state index contributed by atoms with van der Waals surface area (Å²) in [5.74, 6) is -1.77. The molecule has 0 spiro atoms. The van der Waals surface area contributed by atoms with Gasteiger partial charge in [0.2, 0.25) is 5.91 Å². The van der Waals surface area contributed by atoms with Gasteiger partial charge in [0.15, 0.2) is 9.84 Å². The second-order valence-electron chi connectivity index (χ2n) is 8.40. The van der Waals surface area contributed by atoms with Gasteiger partial charge in [-0.2, -0.15) is 0 Å². The monoisotopic (exact) mass is 488 g/mol. The van der Waals surface area contributed by atoms with E-state index in [2.05, 4.69) is 10.7 Å². The molecule has 1 saturated heterocycles. The minimum atomic E-state index is -4.04. The number of nitrogens with one attached hydrogen (secondary N) is 2. The molecule has 1 aliphatic heterocycles. The summed E-state index contributed by atoms with van der Waals surface area (Å²) >= 11 is 0. The second kappa shape index (κ2) is 11.6. The summed E-state index contributed by atoms with van der Waals surface area (Å²) in [5, 5.41) is 3.32. The number of hydrogen-bond donors (Lipinski definition) is 3. The number of hydrogen-bond acceptors (Lipinski definition) is 7. The Morgan fingerprint density at radius 3 is 2.44 bits per heavy atom. The van der Waals surface area contributed by atoms with Crippen LogP contribution in [0.4, 0.5) is 5.69 Å². The normalized spacial score (nSPS) is 18.7. The minimum Gasteiger partial charge on any atom is -0.375 e. The Labute approximate surface area is 200 Å². The number of carbonyl (C=O) groups is 2. The van der Waals surface area contributed by atoms with Gasteiger partial charge < -0.3 is 15.8 Å². The van der Waals surface area contributed by atoms with Crippen LogP contribution in [0.3, 0.4) is 0 Å². The van der Waals surface area contributed by atoms with Gasteiger partial charge in [-0.15, -0.1) is 0 Å². The first-order chi connectivity index (χ1) is 16.2. The van der Waals surface area contributed by atoms with E-state index in [-0.39, 0.29) is 23.5 Å². The van der Waals surface area contributed by atoms with Crippen LogP contribution in [0.5, 0.6) is 0 Å². The van der Waals surface area contributed by atoms with Crippen LogP contribution >= 0.6 is 0 Å². The van der Waals surface area contributed by atoms with Crippen molar-refractivity contribution in [2.75, 3.05) is 31.6 Å². The van der Waals surface area contributed by atoms with E-state index in [0.29, 0.717) is 30.9 Å². The van der Waals surface area contributed by atoms with Gasteiger partial charge in [0, 0.05) is 30.9 Å². The van der Waals surface area contributed by atoms with E-state index >= 15 is 0 Å². The van der Waals surface area contributed by atoms with Crippen molar-refractivity contribution in [2.45, 2.75) is 36.5 Å². The number of nitrogens with zero attached hydrogens (tertiary/aromatic N) is 1. The molecule has 9 nitrogen and oxygen atoms in total. The highest BCUT2D eigenvalue weighted by molar-refractivity contribution is 7.92. The maximum Gasteiger partial charge on any atom is 0.255 e. The number of morpholine rings is 1. The molecule has 10 heteroatoms. The molecule has 34 heavy (non-hydrogen) atoms. The van der Waals surface area contributed by atoms with Crippen molar-refractivity contribution in [3.05, 3.63) is 60.2 Å². The van der Waals surface area contributed by atoms with E-state index in [9.17, 15) is 18.0 Å². The average Bonchev–Trinajstić information content (AvgIpc) is 2.83. The fourth-order valence-corrected chi connectivity index (χ4v) is 5.72. The lowest BCUT2D eigenvalue weighted by molar-refractivity contribution is -0.118. The quantitative estimate of drug-likeness (QED) is 0.465. The molecule has 184 valence electrons. The highest BCUT2D eigenvalue weighted by atomic mass is 32.2.